The number of hydrogen-bond donors (Lipinski definition) is 2. The van der Waals surface area contributed by atoms with E-state index in [9.17, 15) is 4.79 Å². The number of nitrogens with one attached hydrogen (secondary N) is 1. The van der Waals surface area contributed by atoms with E-state index in [1.54, 1.807) is 0 Å². The van der Waals surface area contributed by atoms with Crippen LogP contribution in [0, 0.1) is 0 Å². The first kappa shape index (κ1) is 13.4. The molecule has 0 spiro atoms. The zero-order valence-corrected chi connectivity index (χ0v) is 9.76. The highest BCUT2D eigenvalue weighted by molar-refractivity contribution is 5.66. The molecule has 3 heteroatoms. The number of carboxylic acids is 1. The van der Waals surface area contributed by atoms with Gasteiger partial charge >= 0.3 is 5.97 Å². The molecule has 0 aliphatic rings. The maximum atomic E-state index is 10.4. The Hall–Kier alpha value is -0.570. The topological polar surface area (TPSA) is 49.3 Å². The highest BCUT2D eigenvalue weighted by atomic mass is 16.4. The number of carboxylic acid groups (broad SMARTS) is 1. The van der Waals surface area contributed by atoms with Gasteiger partial charge in [-0.05, 0) is 33.1 Å². The van der Waals surface area contributed by atoms with Crippen LogP contribution in [0.5, 0.6) is 0 Å². The Bertz CT molecular complexity index is 174. The van der Waals surface area contributed by atoms with Gasteiger partial charge < -0.3 is 10.4 Å². The number of hydrogen-bond acceptors (Lipinski definition) is 2. The van der Waals surface area contributed by atoms with Crippen molar-refractivity contribution in [3.05, 3.63) is 0 Å². The summed E-state index contributed by atoms with van der Waals surface area (Å²) in [5.74, 6) is -0.718. The zero-order chi connectivity index (χ0) is 11.2. The molecule has 3 nitrogen and oxygen atoms in total. The van der Waals surface area contributed by atoms with E-state index >= 15 is 0 Å². The highest BCUT2D eigenvalue weighted by Crippen LogP contribution is 2.14. The second-order valence-corrected chi connectivity index (χ2v) is 4.44. The Morgan fingerprint density at radius 2 is 1.86 bits per heavy atom. The van der Waals surface area contributed by atoms with Gasteiger partial charge in [0.25, 0.3) is 0 Å². The molecule has 0 atom stereocenters. The molecule has 0 aliphatic heterocycles. The predicted octanol–water partition coefficient (Wildman–Crippen LogP) is 2.41. The van der Waals surface area contributed by atoms with Gasteiger partial charge in [0.15, 0.2) is 0 Å². The molecule has 0 aliphatic carbocycles. The van der Waals surface area contributed by atoms with Gasteiger partial charge in [0.2, 0.25) is 0 Å². The Labute approximate surface area is 86.9 Å². The summed E-state index contributed by atoms with van der Waals surface area (Å²) in [5.41, 5.74) is -0.0743. The predicted molar refractivity (Wildman–Crippen MR) is 58.5 cm³/mol. The minimum Gasteiger partial charge on any atom is -0.481 e. The van der Waals surface area contributed by atoms with Crippen molar-refractivity contribution < 1.29 is 9.90 Å². The molecule has 0 aromatic rings. The fraction of sp³-hybridized carbons (Fsp3) is 0.909. The molecule has 0 amide bonds. The summed E-state index contributed by atoms with van der Waals surface area (Å²) >= 11 is 0. The van der Waals surface area contributed by atoms with E-state index in [4.69, 9.17) is 5.11 Å². The van der Waals surface area contributed by atoms with E-state index < -0.39 is 5.97 Å². The van der Waals surface area contributed by atoms with Crippen LogP contribution in [-0.4, -0.2) is 22.7 Å². The second-order valence-electron chi connectivity index (χ2n) is 4.44. The molecule has 0 radical (unpaired) electrons. The molecular weight excluding hydrogens is 178 g/mol. The van der Waals surface area contributed by atoms with Crippen LogP contribution < -0.4 is 5.32 Å². The third-order valence-corrected chi connectivity index (χ3v) is 2.54. The van der Waals surface area contributed by atoms with E-state index in [2.05, 4.69) is 33.0 Å². The van der Waals surface area contributed by atoms with Gasteiger partial charge in [-0.3, -0.25) is 4.79 Å². The van der Waals surface area contributed by atoms with Crippen molar-refractivity contribution in [1.82, 2.24) is 5.32 Å². The summed E-state index contributed by atoms with van der Waals surface area (Å²) in [7, 11) is 0. The third kappa shape index (κ3) is 5.97. The normalized spacial score (nSPS) is 12.1. The Morgan fingerprint density at radius 3 is 2.21 bits per heavy atom. The van der Waals surface area contributed by atoms with Crippen LogP contribution in [0.4, 0.5) is 0 Å². The molecule has 14 heavy (non-hydrogen) atoms. The quantitative estimate of drug-likeness (QED) is 0.665. The van der Waals surface area contributed by atoms with Crippen LogP contribution in [0.15, 0.2) is 0 Å². The second kappa shape index (κ2) is 6.02. The summed E-state index contributed by atoms with van der Waals surface area (Å²) in [4.78, 5) is 10.4. The lowest BCUT2D eigenvalue weighted by molar-refractivity contribution is -0.137. The largest absolute Gasteiger partial charge is 0.481 e. The van der Waals surface area contributed by atoms with Crippen LogP contribution in [0.2, 0.25) is 0 Å². The third-order valence-electron chi connectivity index (χ3n) is 2.54. The fourth-order valence-electron chi connectivity index (χ4n) is 1.54. The minimum absolute atomic E-state index is 0.0743. The standard InChI is InChI=1S/C11H23NO2/c1-5-9(6-2)12-11(3,4)8-7-10(13)14/h9,12H,5-8H2,1-4H3,(H,13,14). The molecule has 0 saturated carbocycles. The molecule has 0 rings (SSSR count). The first-order valence-electron chi connectivity index (χ1n) is 5.40. The van der Waals surface area contributed by atoms with Crippen molar-refractivity contribution in [2.24, 2.45) is 0 Å². The summed E-state index contributed by atoms with van der Waals surface area (Å²) in [6, 6.07) is 0.499. The van der Waals surface area contributed by atoms with Crippen LogP contribution in [0.3, 0.4) is 0 Å². The van der Waals surface area contributed by atoms with Crippen molar-refractivity contribution in [2.75, 3.05) is 0 Å². The Balaban J connectivity index is 3.97. The molecule has 0 aromatic heterocycles. The molecule has 0 saturated heterocycles. The van der Waals surface area contributed by atoms with E-state index in [0.717, 1.165) is 12.8 Å². The van der Waals surface area contributed by atoms with E-state index in [0.29, 0.717) is 12.5 Å². The maximum absolute atomic E-state index is 10.4. The van der Waals surface area contributed by atoms with E-state index in [-0.39, 0.29) is 12.0 Å². The van der Waals surface area contributed by atoms with Gasteiger partial charge in [0, 0.05) is 18.0 Å². The summed E-state index contributed by atoms with van der Waals surface area (Å²) < 4.78 is 0. The van der Waals surface area contributed by atoms with Gasteiger partial charge in [-0.25, -0.2) is 0 Å². The number of carbonyl (C=O) groups is 1. The van der Waals surface area contributed by atoms with E-state index in [1.165, 1.54) is 0 Å². The summed E-state index contributed by atoms with van der Waals surface area (Å²) in [6.07, 6.45) is 3.10. The first-order chi connectivity index (χ1) is 6.41. The van der Waals surface area contributed by atoms with Gasteiger partial charge in [-0.15, -0.1) is 0 Å². The van der Waals surface area contributed by atoms with Gasteiger partial charge in [0.05, 0.1) is 0 Å². The number of aliphatic carboxylic acids is 1. The van der Waals surface area contributed by atoms with Crippen molar-refractivity contribution >= 4 is 5.97 Å². The van der Waals surface area contributed by atoms with Crippen LogP contribution in [-0.2, 0) is 4.79 Å². The lowest BCUT2D eigenvalue weighted by atomic mass is 9.96. The minimum atomic E-state index is -0.718. The summed E-state index contributed by atoms with van der Waals surface area (Å²) in [6.45, 7) is 8.42. The molecule has 0 fully saturated rings. The van der Waals surface area contributed by atoms with Gasteiger partial charge in [0.1, 0.15) is 0 Å². The van der Waals surface area contributed by atoms with Crippen molar-refractivity contribution in [3.8, 4) is 0 Å². The van der Waals surface area contributed by atoms with Gasteiger partial charge in [-0.1, -0.05) is 13.8 Å². The Morgan fingerprint density at radius 1 is 1.36 bits per heavy atom. The summed E-state index contributed by atoms with van der Waals surface area (Å²) in [5, 5.41) is 12.1. The Kier molecular flexibility index (Phi) is 5.77. The molecular formula is C11H23NO2. The maximum Gasteiger partial charge on any atom is 0.303 e. The number of rotatable bonds is 7. The van der Waals surface area contributed by atoms with Crippen LogP contribution >= 0.6 is 0 Å². The van der Waals surface area contributed by atoms with Crippen molar-refractivity contribution in [2.45, 2.75) is 65.0 Å². The fourth-order valence-corrected chi connectivity index (χ4v) is 1.54. The molecule has 0 bridgehead atoms. The smallest absolute Gasteiger partial charge is 0.303 e. The lowest BCUT2D eigenvalue weighted by Gasteiger charge is -2.30. The van der Waals surface area contributed by atoms with Crippen molar-refractivity contribution in [1.29, 1.82) is 0 Å². The molecule has 2 N–H and O–H groups in total. The molecule has 0 aromatic carbocycles. The van der Waals surface area contributed by atoms with E-state index in [1.807, 2.05) is 0 Å². The SMILES string of the molecule is CCC(CC)NC(C)(C)CCC(=O)O. The highest BCUT2D eigenvalue weighted by Gasteiger charge is 2.21. The average Bonchev–Trinajstić information content (AvgIpc) is 2.11. The lowest BCUT2D eigenvalue weighted by Crippen LogP contribution is -2.45. The first-order valence-corrected chi connectivity index (χ1v) is 5.40. The monoisotopic (exact) mass is 201 g/mol. The van der Waals surface area contributed by atoms with Gasteiger partial charge in [-0.2, -0.15) is 0 Å². The molecule has 0 heterocycles. The average molecular weight is 201 g/mol. The zero-order valence-electron chi connectivity index (χ0n) is 9.76. The molecule has 0 unspecified atom stereocenters. The van der Waals surface area contributed by atoms with Crippen LogP contribution in [0.25, 0.3) is 0 Å². The molecule has 84 valence electrons. The van der Waals surface area contributed by atoms with Crippen LogP contribution in [0.1, 0.15) is 53.4 Å². The van der Waals surface area contributed by atoms with Crippen molar-refractivity contribution in [3.63, 3.8) is 0 Å².